The van der Waals surface area contributed by atoms with Gasteiger partial charge in [-0.3, -0.25) is 0 Å². The normalized spacial score (nSPS) is 11.0. The minimum Gasteiger partial charge on any atom is -0.485 e. The zero-order valence-corrected chi connectivity index (χ0v) is 16.9. The number of aryl methyl sites for hydroxylation is 2. The molecule has 0 aliphatic heterocycles. The molecule has 0 saturated carbocycles. The second-order valence-corrected chi connectivity index (χ2v) is 7.38. The summed E-state index contributed by atoms with van der Waals surface area (Å²) in [6, 6.07) is 15.6. The fourth-order valence-corrected chi connectivity index (χ4v) is 3.52. The van der Waals surface area contributed by atoms with E-state index < -0.39 is 0 Å². The maximum atomic E-state index is 6.13. The lowest BCUT2D eigenvalue weighted by Crippen LogP contribution is -2.16. The molecule has 2 heterocycles. The highest BCUT2D eigenvalue weighted by molar-refractivity contribution is 7.98. The van der Waals surface area contributed by atoms with Gasteiger partial charge in [-0.2, -0.15) is 0 Å². The summed E-state index contributed by atoms with van der Waals surface area (Å²) >= 11 is 1.37. The molecular formula is C20H20N6O2S. The molecule has 4 rings (SSSR count). The van der Waals surface area contributed by atoms with Crippen LogP contribution in [0.15, 0.2) is 58.1 Å². The van der Waals surface area contributed by atoms with Crippen molar-refractivity contribution in [3.05, 3.63) is 71.4 Å². The average Bonchev–Trinajstić information content (AvgIpc) is 3.34. The number of hydrogen-bond acceptors (Lipinski definition) is 8. The minimum absolute atomic E-state index is 0.231. The molecular weight excluding hydrogens is 388 g/mol. The smallest absolute Gasteiger partial charge is 0.247 e. The van der Waals surface area contributed by atoms with Gasteiger partial charge in [0.15, 0.2) is 5.82 Å². The monoisotopic (exact) mass is 408 g/mol. The first-order chi connectivity index (χ1) is 14.1. The van der Waals surface area contributed by atoms with Crippen LogP contribution in [0.5, 0.6) is 5.75 Å². The van der Waals surface area contributed by atoms with Gasteiger partial charge in [-0.1, -0.05) is 48.2 Å². The Morgan fingerprint density at radius 2 is 1.72 bits per heavy atom. The summed E-state index contributed by atoms with van der Waals surface area (Å²) in [7, 11) is 0. The maximum absolute atomic E-state index is 6.13. The fourth-order valence-electron chi connectivity index (χ4n) is 2.80. The Labute approximate surface area is 172 Å². The van der Waals surface area contributed by atoms with Crippen molar-refractivity contribution >= 4 is 11.8 Å². The first kappa shape index (κ1) is 19.0. The largest absolute Gasteiger partial charge is 0.485 e. The van der Waals surface area contributed by atoms with E-state index in [-0.39, 0.29) is 6.61 Å². The predicted octanol–water partition coefficient (Wildman–Crippen LogP) is 3.53. The first-order valence-corrected chi connectivity index (χ1v) is 9.99. The van der Waals surface area contributed by atoms with Gasteiger partial charge >= 0.3 is 0 Å². The number of nitrogens with two attached hydrogens (primary N) is 1. The van der Waals surface area contributed by atoms with Gasteiger partial charge in [-0.05, 0) is 37.1 Å². The molecule has 0 amide bonds. The van der Waals surface area contributed by atoms with Crippen LogP contribution in [0, 0.1) is 13.8 Å². The lowest BCUT2D eigenvalue weighted by atomic mass is 10.1. The number of ether oxygens (including phenoxy) is 1. The van der Waals surface area contributed by atoms with Crippen LogP contribution in [-0.2, 0) is 12.4 Å². The van der Waals surface area contributed by atoms with Crippen molar-refractivity contribution in [2.75, 3.05) is 5.84 Å². The Bertz CT molecular complexity index is 1090. The topological polar surface area (TPSA) is 105 Å². The summed E-state index contributed by atoms with van der Waals surface area (Å²) in [6.07, 6.45) is 0. The summed E-state index contributed by atoms with van der Waals surface area (Å²) in [6.45, 7) is 4.24. The van der Waals surface area contributed by atoms with E-state index in [1.807, 2.05) is 62.4 Å². The number of rotatable bonds is 7. The van der Waals surface area contributed by atoms with Crippen LogP contribution < -0.4 is 10.6 Å². The Morgan fingerprint density at radius 3 is 2.48 bits per heavy atom. The molecule has 0 fully saturated rings. The van der Waals surface area contributed by atoms with E-state index >= 15 is 0 Å². The van der Waals surface area contributed by atoms with Crippen molar-refractivity contribution in [2.24, 2.45) is 0 Å². The van der Waals surface area contributed by atoms with Crippen LogP contribution in [0.3, 0.4) is 0 Å². The van der Waals surface area contributed by atoms with Crippen LogP contribution in [0.4, 0.5) is 0 Å². The van der Waals surface area contributed by atoms with Gasteiger partial charge in [0, 0.05) is 5.56 Å². The van der Waals surface area contributed by atoms with Crippen LogP contribution in [0.1, 0.15) is 22.8 Å². The number of aromatic nitrogens is 5. The molecule has 0 bridgehead atoms. The van der Waals surface area contributed by atoms with E-state index in [9.17, 15) is 0 Å². The van der Waals surface area contributed by atoms with Crippen molar-refractivity contribution < 1.29 is 9.15 Å². The fraction of sp³-hybridized carbons (Fsp3) is 0.200. The van der Waals surface area contributed by atoms with E-state index in [2.05, 4.69) is 20.4 Å². The quantitative estimate of drug-likeness (QED) is 0.366. The second-order valence-electron chi connectivity index (χ2n) is 6.43. The zero-order valence-electron chi connectivity index (χ0n) is 16.1. The maximum Gasteiger partial charge on any atom is 0.247 e. The molecule has 0 saturated heterocycles. The third kappa shape index (κ3) is 4.24. The molecule has 0 unspecified atom stereocenters. The molecule has 29 heavy (non-hydrogen) atoms. The molecule has 0 spiro atoms. The van der Waals surface area contributed by atoms with Gasteiger partial charge < -0.3 is 15.0 Å². The van der Waals surface area contributed by atoms with Gasteiger partial charge in [0.05, 0.1) is 5.75 Å². The standard InChI is InChI=1S/C20H20N6O2S/c1-13-7-6-8-14(2)18(13)27-11-16-22-25-20(26(16)21)29-12-17-23-24-19(28-17)15-9-4-3-5-10-15/h3-10H,11-12,21H2,1-2H3. The van der Waals surface area contributed by atoms with E-state index in [1.165, 1.54) is 16.4 Å². The summed E-state index contributed by atoms with van der Waals surface area (Å²) < 4.78 is 13.0. The van der Waals surface area contributed by atoms with Crippen LogP contribution in [-0.4, -0.2) is 25.1 Å². The molecule has 4 aromatic rings. The molecule has 2 aromatic heterocycles. The highest BCUT2D eigenvalue weighted by atomic mass is 32.2. The number of benzene rings is 2. The van der Waals surface area contributed by atoms with Gasteiger partial charge in [0.1, 0.15) is 12.4 Å². The third-order valence-electron chi connectivity index (χ3n) is 4.30. The summed E-state index contributed by atoms with van der Waals surface area (Å²) in [4.78, 5) is 0. The van der Waals surface area contributed by atoms with Crippen molar-refractivity contribution in [1.82, 2.24) is 25.1 Å². The number of para-hydroxylation sites is 1. The predicted molar refractivity (Wildman–Crippen MR) is 110 cm³/mol. The number of nitrogens with zero attached hydrogens (tertiary/aromatic N) is 5. The Balaban J connectivity index is 1.39. The van der Waals surface area contributed by atoms with Gasteiger partial charge in [0.2, 0.25) is 16.9 Å². The highest BCUT2D eigenvalue weighted by Gasteiger charge is 2.15. The number of nitrogen functional groups attached to an aromatic ring is 1. The number of thioether (sulfide) groups is 1. The molecule has 2 aromatic carbocycles. The Hall–Kier alpha value is -3.33. The van der Waals surface area contributed by atoms with Crippen molar-refractivity contribution in [1.29, 1.82) is 0 Å². The van der Waals surface area contributed by atoms with E-state index in [0.29, 0.717) is 28.5 Å². The first-order valence-electron chi connectivity index (χ1n) is 9.01. The lowest BCUT2D eigenvalue weighted by Gasteiger charge is -2.11. The molecule has 2 N–H and O–H groups in total. The molecule has 0 aliphatic rings. The van der Waals surface area contributed by atoms with E-state index in [0.717, 1.165) is 22.4 Å². The molecule has 0 aliphatic carbocycles. The Kier molecular flexibility index (Phi) is 5.48. The summed E-state index contributed by atoms with van der Waals surface area (Å²) in [5.74, 6) is 8.91. The van der Waals surface area contributed by atoms with Crippen molar-refractivity contribution in [2.45, 2.75) is 31.4 Å². The highest BCUT2D eigenvalue weighted by Crippen LogP contribution is 2.25. The van der Waals surface area contributed by atoms with E-state index in [4.69, 9.17) is 15.0 Å². The van der Waals surface area contributed by atoms with Crippen molar-refractivity contribution in [3.63, 3.8) is 0 Å². The second kappa shape index (κ2) is 8.36. The van der Waals surface area contributed by atoms with E-state index in [1.54, 1.807) is 0 Å². The molecule has 0 atom stereocenters. The average molecular weight is 408 g/mol. The van der Waals surface area contributed by atoms with Gasteiger partial charge in [-0.15, -0.1) is 20.4 Å². The molecule has 9 heteroatoms. The third-order valence-corrected chi connectivity index (χ3v) is 5.23. The molecule has 0 radical (unpaired) electrons. The van der Waals surface area contributed by atoms with Gasteiger partial charge in [-0.25, -0.2) is 4.68 Å². The summed E-state index contributed by atoms with van der Waals surface area (Å²) in [5, 5.41) is 17.0. The van der Waals surface area contributed by atoms with Gasteiger partial charge in [0.25, 0.3) is 0 Å². The van der Waals surface area contributed by atoms with Crippen molar-refractivity contribution in [3.8, 4) is 17.2 Å². The van der Waals surface area contributed by atoms with Crippen LogP contribution in [0.2, 0.25) is 0 Å². The number of hydrogen-bond donors (Lipinski definition) is 1. The van der Waals surface area contributed by atoms with Crippen LogP contribution >= 0.6 is 11.8 Å². The zero-order chi connectivity index (χ0) is 20.2. The van der Waals surface area contributed by atoms with Crippen LogP contribution in [0.25, 0.3) is 11.5 Å². The summed E-state index contributed by atoms with van der Waals surface area (Å²) in [5.41, 5.74) is 3.01. The minimum atomic E-state index is 0.231. The Morgan fingerprint density at radius 1 is 0.966 bits per heavy atom. The molecule has 8 nitrogen and oxygen atoms in total. The molecule has 148 valence electrons. The SMILES string of the molecule is Cc1cccc(C)c1OCc1nnc(SCc2nnc(-c3ccccc3)o2)n1N. The lowest BCUT2D eigenvalue weighted by molar-refractivity contribution is 0.288.